The van der Waals surface area contributed by atoms with Gasteiger partial charge in [0.15, 0.2) is 0 Å². The van der Waals surface area contributed by atoms with Crippen molar-refractivity contribution in [1.29, 1.82) is 0 Å². The zero-order valence-corrected chi connectivity index (χ0v) is 13.0. The van der Waals surface area contributed by atoms with Crippen LogP contribution in [0.5, 0.6) is 0 Å². The number of aryl methyl sites for hydroxylation is 1. The van der Waals surface area contributed by atoms with Crippen molar-refractivity contribution in [2.75, 3.05) is 0 Å². The summed E-state index contributed by atoms with van der Waals surface area (Å²) in [6.45, 7) is 3.76. The van der Waals surface area contributed by atoms with Crippen LogP contribution >= 0.6 is 0 Å². The van der Waals surface area contributed by atoms with Gasteiger partial charge in [0.1, 0.15) is 11.4 Å². The molecule has 1 saturated carbocycles. The van der Waals surface area contributed by atoms with Crippen LogP contribution in [0.2, 0.25) is 0 Å². The molecule has 3 rings (SSSR count). The molecule has 22 heavy (non-hydrogen) atoms. The van der Waals surface area contributed by atoms with Gasteiger partial charge in [0.2, 0.25) is 0 Å². The van der Waals surface area contributed by atoms with Crippen molar-refractivity contribution >= 4 is 16.8 Å². The normalized spacial score (nSPS) is 17.8. The minimum Gasteiger partial charge on any atom is -0.380 e. The third-order valence-electron chi connectivity index (χ3n) is 4.61. The van der Waals surface area contributed by atoms with Gasteiger partial charge in [-0.3, -0.25) is 4.79 Å². The van der Waals surface area contributed by atoms with E-state index in [2.05, 4.69) is 15.3 Å². The molecular weight excluding hydrogens is 278 g/mol. The van der Waals surface area contributed by atoms with Gasteiger partial charge in [-0.05, 0) is 38.7 Å². The first-order valence-corrected chi connectivity index (χ1v) is 7.71. The van der Waals surface area contributed by atoms with Gasteiger partial charge in [-0.15, -0.1) is 0 Å². The highest BCUT2D eigenvalue weighted by Crippen LogP contribution is 2.36. The molecule has 0 aliphatic heterocycles. The molecule has 1 heterocycles. The van der Waals surface area contributed by atoms with Crippen LogP contribution in [0, 0.1) is 12.8 Å². The monoisotopic (exact) mass is 299 g/mol. The Kier molecular flexibility index (Phi) is 3.83. The van der Waals surface area contributed by atoms with E-state index in [-0.39, 0.29) is 18.4 Å². The SMILES string of the molecule is Cc1nc(CNC(=O)C(C)(O)C2CCC2)nc2ccccc12. The lowest BCUT2D eigenvalue weighted by atomic mass is 9.73. The fraction of sp³-hybridized carbons (Fsp3) is 0.471. The molecule has 1 aromatic carbocycles. The molecule has 2 N–H and O–H groups in total. The van der Waals surface area contributed by atoms with E-state index in [0.717, 1.165) is 35.9 Å². The Bertz CT molecular complexity index is 708. The first-order valence-electron chi connectivity index (χ1n) is 7.71. The quantitative estimate of drug-likeness (QED) is 0.906. The van der Waals surface area contributed by atoms with E-state index in [1.807, 2.05) is 31.2 Å². The van der Waals surface area contributed by atoms with E-state index in [0.29, 0.717) is 5.82 Å². The van der Waals surface area contributed by atoms with Crippen LogP contribution in [0.25, 0.3) is 10.9 Å². The third-order valence-corrected chi connectivity index (χ3v) is 4.61. The molecule has 1 fully saturated rings. The number of rotatable bonds is 4. The predicted molar refractivity (Wildman–Crippen MR) is 84.1 cm³/mol. The second kappa shape index (κ2) is 5.65. The molecule has 1 amide bonds. The molecule has 0 radical (unpaired) electrons. The molecule has 1 aliphatic carbocycles. The number of hydrogen-bond donors (Lipinski definition) is 2. The molecule has 0 spiro atoms. The van der Waals surface area contributed by atoms with Crippen molar-refractivity contribution in [2.45, 2.75) is 45.3 Å². The zero-order chi connectivity index (χ0) is 15.7. The van der Waals surface area contributed by atoms with Crippen LogP contribution in [0.4, 0.5) is 0 Å². The topological polar surface area (TPSA) is 75.1 Å². The van der Waals surface area contributed by atoms with Crippen LogP contribution in [-0.4, -0.2) is 26.6 Å². The minimum absolute atomic E-state index is 0.0618. The summed E-state index contributed by atoms with van der Waals surface area (Å²) in [6.07, 6.45) is 2.90. The highest BCUT2D eigenvalue weighted by Gasteiger charge is 2.42. The molecule has 116 valence electrons. The van der Waals surface area contributed by atoms with Crippen molar-refractivity contribution < 1.29 is 9.90 Å². The highest BCUT2D eigenvalue weighted by molar-refractivity contribution is 5.85. The van der Waals surface area contributed by atoms with Crippen molar-refractivity contribution in [2.24, 2.45) is 5.92 Å². The molecule has 0 bridgehead atoms. The molecule has 2 aromatic rings. The summed E-state index contributed by atoms with van der Waals surface area (Å²) in [5.41, 5.74) is 0.454. The number of amides is 1. The molecule has 0 saturated heterocycles. The maximum absolute atomic E-state index is 12.2. The maximum atomic E-state index is 12.2. The number of nitrogens with one attached hydrogen (secondary N) is 1. The number of aromatic nitrogens is 2. The van der Waals surface area contributed by atoms with Gasteiger partial charge in [-0.1, -0.05) is 24.6 Å². The molecule has 1 aromatic heterocycles. The van der Waals surface area contributed by atoms with Crippen LogP contribution < -0.4 is 5.32 Å². The zero-order valence-electron chi connectivity index (χ0n) is 13.0. The Hall–Kier alpha value is -2.01. The van der Waals surface area contributed by atoms with Gasteiger partial charge in [-0.2, -0.15) is 0 Å². The average Bonchev–Trinajstić information content (AvgIpc) is 2.42. The largest absolute Gasteiger partial charge is 0.380 e. The summed E-state index contributed by atoms with van der Waals surface area (Å²) < 4.78 is 0. The van der Waals surface area contributed by atoms with Gasteiger partial charge < -0.3 is 10.4 Å². The van der Waals surface area contributed by atoms with Crippen LogP contribution in [0.1, 0.15) is 37.7 Å². The minimum atomic E-state index is -1.30. The fourth-order valence-corrected chi connectivity index (χ4v) is 2.87. The summed E-state index contributed by atoms with van der Waals surface area (Å²) in [7, 11) is 0. The van der Waals surface area contributed by atoms with Crippen LogP contribution in [0.3, 0.4) is 0 Å². The van der Waals surface area contributed by atoms with Gasteiger partial charge in [0.25, 0.3) is 5.91 Å². The summed E-state index contributed by atoms with van der Waals surface area (Å²) in [5, 5.41) is 14.1. The summed E-state index contributed by atoms with van der Waals surface area (Å²) in [6, 6.07) is 7.79. The fourth-order valence-electron chi connectivity index (χ4n) is 2.87. The van der Waals surface area contributed by atoms with E-state index in [1.165, 1.54) is 0 Å². The standard InChI is InChI=1S/C17H21N3O2/c1-11-13-8-3-4-9-14(13)20-15(19-11)10-18-16(21)17(2,22)12-6-5-7-12/h3-4,8-9,12,22H,5-7,10H2,1-2H3,(H,18,21). The van der Waals surface area contributed by atoms with Crippen molar-refractivity contribution in [1.82, 2.24) is 15.3 Å². The lowest BCUT2D eigenvalue weighted by Gasteiger charge is -2.37. The predicted octanol–water partition coefficient (Wildman–Crippen LogP) is 2.11. The van der Waals surface area contributed by atoms with E-state index >= 15 is 0 Å². The molecule has 1 aliphatic rings. The van der Waals surface area contributed by atoms with Gasteiger partial charge in [0.05, 0.1) is 12.1 Å². The Labute approximate surface area is 129 Å². The summed E-state index contributed by atoms with van der Waals surface area (Å²) in [5.74, 6) is 0.285. The lowest BCUT2D eigenvalue weighted by Crippen LogP contribution is -2.51. The number of fused-ring (bicyclic) bond motifs is 1. The molecule has 5 heteroatoms. The number of hydrogen-bond acceptors (Lipinski definition) is 4. The smallest absolute Gasteiger partial charge is 0.252 e. The highest BCUT2D eigenvalue weighted by atomic mass is 16.3. The van der Waals surface area contributed by atoms with Gasteiger partial charge >= 0.3 is 0 Å². The lowest BCUT2D eigenvalue weighted by molar-refractivity contribution is -0.147. The van der Waals surface area contributed by atoms with Crippen molar-refractivity contribution in [3.05, 3.63) is 35.8 Å². The van der Waals surface area contributed by atoms with E-state index in [9.17, 15) is 9.90 Å². The number of aliphatic hydroxyl groups is 1. The summed E-state index contributed by atoms with van der Waals surface area (Å²) in [4.78, 5) is 21.1. The van der Waals surface area contributed by atoms with E-state index in [1.54, 1.807) is 6.92 Å². The molecule has 1 atom stereocenters. The third kappa shape index (κ3) is 2.68. The second-order valence-electron chi connectivity index (χ2n) is 6.20. The first kappa shape index (κ1) is 14.9. The van der Waals surface area contributed by atoms with Gasteiger partial charge in [-0.25, -0.2) is 9.97 Å². The Morgan fingerprint density at radius 1 is 1.36 bits per heavy atom. The average molecular weight is 299 g/mol. The number of carbonyl (C=O) groups is 1. The second-order valence-corrected chi connectivity index (χ2v) is 6.20. The Morgan fingerprint density at radius 2 is 2.09 bits per heavy atom. The van der Waals surface area contributed by atoms with E-state index < -0.39 is 5.60 Å². The molecule has 1 unspecified atom stereocenters. The van der Waals surface area contributed by atoms with Crippen LogP contribution in [-0.2, 0) is 11.3 Å². The Balaban J connectivity index is 1.72. The maximum Gasteiger partial charge on any atom is 0.252 e. The Morgan fingerprint density at radius 3 is 2.77 bits per heavy atom. The number of carbonyl (C=O) groups excluding carboxylic acids is 1. The number of para-hydroxylation sites is 1. The number of nitrogens with zero attached hydrogens (tertiary/aromatic N) is 2. The number of benzene rings is 1. The van der Waals surface area contributed by atoms with E-state index in [4.69, 9.17) is 0 Å². The summed E-state index contributed by atoms with van der Waals surface area (Å²) >= 11 is 0. The molecular formula is C17H21N3O2. The van der Waals surface area contributed by atoms with Gasteiger partial charge in [0, 0.05) is 11.1 Å². The molecule has 5 nitrogen and oxygen atoms in total. The van der Waals surface area contributed by atoms with Crippen molar-refractivity contribution in [3.8, 4) is 0 Å². The van der Waals surface area contributed by atoms with Crippen LogP contribution in [0.15, 0.2) is 24.3 Å². The van der Waals surface area contributed by atoms with Crippen molar-refractivity contribution in [3.63, 3.8) is 0 Å². The first-order chi connectivity index (χ1) is 10.5.